The minimum Gasteiger partial charge on any atom is -0.465 e. The Kier molecular flexibility index (Phi) is 4.64. The second kappa shape index (κ2) is 6.75. The molecule has 0 aliphatic carbocycles. The van der Waals surface area contributed by atoms with Gasteiger partial charge >= 0.3 is 5.97 Å². The number of aryl methyl sites for hydroxylation is 1. The first-order valence-corrected chi connectivity index (χ1v) is 8.36. The summed E-state index contributed by atoms with van der Waals surface area (Å²) in [6.45, 7) is 6.03. The number of esters is 1. The Morgan fingerprint density at radius 3 is 2.54 bits per heavy atom. The van der Waals surface area contributed by atoms with Crippen molar-refractivity contribution in [2.75, 3.05) is 7.11 Å². The number of hydrogen-bond donors (Lipinski definition) is 0. The summed E-state index contributed by atoms with van der Waals surface area (Å²) in [7, 11) is 1.33. The summed E-state index contributed by atoms with van der Waals surface area (Å²) in [5.41, 5.74) is 3.36. The molecule has 0 atom stereocenters. The first-order valence-electron chi connectivity index (χ1n) is 8.36. The molecule has 0 radical (unpaired) electrons. The first-order chi connectivity index (χ1) is 12.4. The van der Waals surface area contributed by atoms with E-state index in [1.807, 2.05) is 33.0 Å². The Morgan fingerprint density at radius 1 is 1.23 bits per heavy atom. The molecule has 26 heavy (non-hydrogen) atoms. The molecule has 0 unspecified atom stereocenters. The van der Waals surface area contributed by atoms with Crippen molar-refractivity contribution in [2.45, 2.75) is 26.8 Å². The highest BCUT2D eigenvalue weighted by Gasteiger charge is 2.20. The molecule has 0 fully saturated rings. The van der Waals surface area contributed by atoms with E-state index >= 15 is 0 Å². The van der Waals surface area contributed by atoms with Gasteiger partial charge < -0.3 is 9.30 Å². The molecule has 0 saturated carbocycles. The van der Waals surface area contributed by atoms with Crippen molar-refractivity contribution < 1.29 is 18.7 Å². The van der Waals surface area contributed by atoms with E-state index in [9.17, 15) is 14.0 Å². The topological polar surface area (TPSA) is 48.3 Å². The van der Waals surface area contributed by atoms with Crippen LogP contribution in [-0.4, -0.2) is 23.9 Å². The number of carbonyl (C=O) groups is 2. The van der Waals surface area contributed by atoms with Crippen molar-refractivity contribution in [3.63, 3.8) is 0 Å². The van der Waals surface area contributed by atoms with Gasteiger partial charge in [0.25, 0.3) is 0 Å². The van der Waals surface area contributed by atoms with Crippen LogP contribution in [0.25, 0.3) is 22.0 Å². The van der Waals surface area contributed by atoms with E-state index in [1.165, 1.54) is 13.2 Å². The Hall–Kier alpha value is -2.95. The van der Waals surface area contributed by atoms with Crippen LogP contribution in [0, 0.1) is 12.7 Å². The van der Waals surface area contributed by atoms with Crippen molar-refractivity contribution >= 4 is 23.2 Å². The summed E-state index contributed by atoms with van der Waals surface area (Å²) in [6.07, 6.45) is 2.58. The predicted molar refractivity (Wildman–Crippen MR) is 99.2 cm³/mol. The molecule has 1 heterocycles. The number of nitrogens with zero attached hydrogens (tertiary/aromatic N) is 1. The van der Waals surface area contributed by atoms with Gasteiger partial charge in [-0.05, 0) is 50.1 Å². The van der Waals surface area contributed by atoms with E-state index in [0.29, 0.717) is 23.0 Å². The monoisotopic (exact) mass is 353 g/mol. The molecule has 0 saturated heterocycles. The fourth-order valence-corrected chi connectivity index (χ4v) is 3.28. The van der Waals surface area contributed by atoms with Gasteiger partial charge in [0.2, 0.25) is 0 Å². The number of aldehydes is 1. The summed E-state index contributed by atoms with van der Waals surface area (Å²) in [5.74, 6) is -0.976. The van der Waals surface area contributed by atoms with Gasteiger partial charge in [-0.2, -0.15) is 0 Å². The van der Waals surface area contributed by atoms with Gasteiger partial charge in [0.15, 0.2) is 0 Å². The van der Waals surface area contributed by atoms with Crippen LogP contribution in [-0.2, 0) is 4.74 Å². The second-order valence-electron chi connectivity index (χ2n) is 6.58. The normalized spacial score (nSPS) is 11.2. The lowest BCUT2D eigenvalue weighted by molar-refractivity contribution is 0.0603. The second-order valence-corrected chi connectivity index (χ2v) is 6.58. The largest absolute Gasteiger partial charge is 0.465 e. The van der Waals surface area contributed by atoms with Gasteiger partial charge in [0.05, 0.1) is 12.7 Å². The number of methoxy groups -OCH3 is 1. The van der Waals surface area contributed by atoms with Crippen LogP contribution >= 0.6 is 0 Å². The van der Waals surface area contributed by atoms with Crippen LogP contribution < -0.4 is 0 Å². The van der Waals surface area contributed by atoms with E-state index in [-0.39, 0.29) is 11.6 Å². The molecular formula is C21H20FNO3. The van der Waals surface area contributed by atoms with Gasteiger partial charge in [-0.15, -0.1) is 0 Å². The molecule has 5 heteroatoms. The average Bonchev–Trinajstić information content (AvgIpc) is 2.97. The molecule has 134 valence electrons. The summed E-state index contributed by atoms with van der Waals surface area (Å²) >= 11 is 0. The fourth-order valence-electron chi connectivity index (χ4n) is 3.28. The van der Waals surface area contributed by atoms with Gasteiger partial charge in [-0.25, -0.2) is 9.18 Å². The minimum atomic E-state index is -0.510. The van der Waals surface area contributed by atoms with Gasteiger partial charge in [0.1, 0.15) is 12.1 Å². The number of aromatic nitrogens is 1. The Morgan fingerprint density at radius 2 is 1.96 bits per heavy atom. The predicted octanol–water partition coefficient (Wildman–Crippen LogP) is 4.94. The highest BCUT2D eigenvalue weighted by molar-refractivity contribution is 6.07. The number of fused-ring (bicyclic) bond motifs is 1. The van der Waals surface area contributed by atoms with Crippen LogP contribution in [0.1, 0.15) is 46.2 Å². The van der Waals surface area contributed by atoms with E-state index < -0.39 is 11.8 Å². The van der Waals surface area contributed by atoms with Gasteiger partial charge in [-0.1, -0.05) is 12.1 Å². The molecule has 0 N–H and O–H groups in total. The lowest BCUT2D eigenvalue weighted by Gasteiger charge is -2.13. The van der Waals surface area contributed by atoms with E-state index in [0.717, 1.165) is 16.5 Å². The molecule has 0 bridgehead atoms. The molecule has 0 aliphatic rings. The molecule has 3 aromatic rings. The lowest BCUT2D eigenvalue weighted by atomic mass is 9.97. The number of halogens is 1. The summed E-state index contributed by atoms with van der Waals surface area (Å²) in [4.78, 5) is 23.2. The maximum absolute atomic E-state index is 14.5. The maximum Gasteiger partial charge on any atom is 0.338 e. The maximum atomic E-state index is 14.5. The number of benzene rings is 2. The smallest absolute Gasteiger partial charge is 0.338 e. The van der Waals surface area contributed by atoms with Crippen LogP contribution in [0.4, 0.5) is 4.39 Å². The van der Waals surface area contributed by atoms with Crippen molar-refractivity contribution in [3.8, 4) is 11.1 Å². The SMILES string of the molecule is COC(=O)c1cc(-c2ccc(C=O)cc2F)cc2c1c(C)cn2C(C)C. The molecule has 4 nitrogen and oxygen atoms in total. The molecule has 0 amide bonds. The van der Waals surface area contributed by atoms with Crippen LogP contribution in [0.15, 0.2) is 36.5 Å². The quantitative estimate of drug-likeness (QED) is 0.493. The third-order valence-corrected chi connectivity index (χ3v) is 4.52. The number of ether oxygens (including phenoxy) is 1. The number of hydrogen-bond acceptors (Lipinski definition) is 3. The molecule has 1 aromatic heterocycles. The fraction of sp³-hybridized carbons (Fsp3) is 0.238. The average molecular weight is 353 g/mol. The highest BCUT2D eigenvalue weighted by atomic mass is 19.1. The molecule has 0 aliphatic heterocycles. The summed E-state index contributed by atoms with van der Waals surface area (Å²) < 4.78 is 21.5. The molecule has 0 spiro atoms. The van der Waals surface area contributed by atoms with Crippen molar-refractivity contribution in [1.82, 2.24) is 4.57 Å². The number of carbonyl (C=O) groups excluding carboxylic acids is 2. The summed E-state index contributed by atoms with van der Waals surface area (Å²) in [6, 6.07) is 7.99. The standard InChI is InChI=1S/C21H20FNO3/c1-12(2)23-10-13(3)20-17(21(25)26-4)8-15(9-19(20)23)16-6-5-14(11-24)7-18(16)22/h5-12H,1-4H3. The zero-order chi connectivity index (χ0) is 19.0. The molecule has 2 aromatic carbocycles. The van der Waals surface area contributed by atoms with Gasteiger partial charge in [0, 0.05) is 34.3 Å². The highest BCUT2D eigenvalue weighted by Crippen LogP contribution is 2.34. The van der Waals surface area contributed by atoms with Crippen LogP contribution in [0.3, 0.4) is 0 Å². The molecule has 3 rings (SSSR count). The third kappa shape index (κ3) is 2.90. The van der Waals surface area contributed by atoms with E-state index in [1.54, 1.807) is 18.2 Å². The Labute approximate surface area is 151 Å². The molecular weight excluding hydrogens is 333 g/mol. The lowest BCUT2D eigenvalue weighted by Crippen LogP contribution is -2.04. The van der Waals surface area contributed by atoms with Gasteiger partial charge in [-0.3, -0.25) is 4.79 Å². The Balaban J connectivity index is 2.35. The van der Waals surface area contributed by atoms with Crippen LogP contribution in [0.2, 0.25) is 0 Å². The zero-order valence-corrected chi connectivity index (χ0v) is 15.2. The Bertz CT molecular complexity index is 1020. The zero-order valence-electron chi connectivity index (χ0n) is 15.2. The van der Waals surface area contributed by atoms with Crippen LogP contribution in [0.5, 0.6) is 0 Å². The first kappa shape index (κ1) is 17.9. The minimum absolute atomic E-state index is 0.175. The van der Waals surface area contributed by atoms with E-state index in [4.69, 9.17) is 4.74 Å². The van der Waals surface area contributed by atoms with E-state index in [2.05, 4.69) is 4.57 Å². The van der Waals surface area contributed by atoms with Crippen molar-refractivity contribution in [3.05, 3.63) is 59.0 Å². The summed E-state index contributed by atoms with van der Waals surface area (Å²) in [5, 5.41) is 0.805. The number of rotatable bonds is 4. The van der Waals surface area contributed by atoms with Crippen molar-refractivity contribution in [1.29, 1.82) is 0 Å². The third-order valence-electron chi connectivity index (χ3n) is 4.52. The van der Waals surface area contributed by atoms with Crippen molar-refractivity contribution in [2.24, 2.45) is 0 Å².